The first-order valence-corrected chi connectivity index (χ1v) is 7.64. The monoisotopic (exact) mass is 306 g/mol. The van der Waals surface area contributed by atoms with Crippen LogP contribution in [0.5, 0.6) is 0 Å². The van der Waals surface area contributed by atoms with Gasteiger partial charge in [0.05, 0.1) is 6.54 Å². The standard InChI is InChI=1S/C15H18N2O3S/c1-11(6-7-14(18)19)16-15(20)13-5-2-8-17(13)10-12-4-3-9-21-12/h2-5,8-9,11H,6-7,10H2,1H3,(H,16,20)(H,18,19). The van der Waals surface area contributed by atoms with Gasteiger partial charge in [0.25, 0.3) is 5.91 Å². The Bertz CT molecular complexity index is 604. The van der Waals surface area contributed by atoms with Gasteiger partial charge in [0.15, 0.2) is 0 Å². The summed E-state index contributed by atoms with van der Waals surface area (Å²) in [5, 5.41) is 13.5. The van der Waals surface area contributed by atoms with Gasteiger partial charge in [-0.05, 0) is 36.9 Å². The lowest BCUT2D eigenvalue weighted by Gasteiger charge is -2.14. The number of aliphatic carboxylic acids is 1. The molecule has 0 saturated carbocycles. The fourth-order valence-electron chi connectivity index (χ4n) is 2.04. The molecule has 2 N–H and O–H groups in total. The van der Waals surface area contributed by atoms with Gasteiger partial charge in [-0.25, -0.2) is 0 Å². The quantitative estimate of drug-likeness (QED) is 0.826. The molecule has 21 heavy (non-hydrogen) atoms. The Hall–Kier alpha value is -2.08. The molecule has 0 radical (unpaired) electrons. The van der Waals surface area contributed by atoms with E-state index in [9.17, 15) is 9.59 Å². The van der Waals surface area contributed by atoms with Crippen LogP contribution in [-0.4, -0.2) is 27.6 Å². The molecule has 2 heterocycles. The van der Waals surface area contributed by atoms with Gasteiger partial charge >= 0.3 is 5.97 Å². The average Bonchev–Trinajstić information content (AvgIpc) is 3.08. The van der Waals surface area contributed by atoms with Crippen molar-refractivity contribution in [1.29, 1.82) is 0 Å². The van der Waals surface area contributed by atoms with Gasteiger partial charge in [0.1, 0.15) is 5.69 Å². The van der Waals surface area contributed by atoms with Crippen molar-refractivity contribution in [2.24, 2.45) is 0 Å². The maximum absolute atomic E-state index is 12.2. The molecule has 1 unspecified atom stereocenters. The third kappa shape index (κ3) is 4.46. The lowest BCUT2D eigenvalue weighted by Crippen LogP contribution is -2.34. The van der Waals surface area contributed by atoms with Crippen LogP contribution in [-0.2, 0) is 11.3 Å². The highest BCUT2D eigenvalue weighted by molar-refractivity contribution is 7.09. The lowest BCUT2D eigenvalue weighted by atomic mass is 10.2. The zero-order valence-corrected chi connectivity index (χ0v) is 12.6. The molecule has 112 valence electrons. The SMILES string of the molecule is CC(CCC(=O)O)NC(=O)c1cccn1Cc1cccs1. The molecule has 0 saturated heterocycles. The second-order valence-corrected chi connectivity index (χ2v) is 5.94. The van der Waals surface area contributed by atoms with Crippen LogP contribution in [0.25, 0.3) is 0 Å². The zero-order valence-electron chi connectivity index (χ0n) is 11.8. The van der Waals surface area contributed by atoms with Crippen molar-refractivity contribution in [3.05, 3.63) is 46.4 Å². The first-order valence-electron chi connectivity index (χ1n) is 6.76. The molecular formula is C15H18N2O3S. The minimum atomic E-state index is -0.850. The second kappa shape index (κ2) is 7.08. The molecule has 0 spiro atoms. The highest BCUT2D eigenvalue weighted by atomic mass is 32.1. The summed E-state index contributed by atoms with van der Waals surface area (Å²) in [7, 11) is 0. The molecule has 1 atom stereocenters. The third-order valence-electron chi connectivity index (χ3n) is 3.14. The zero-order chi connectivity index (χ0) is 15.2. The van der Waals surface area contributed by atoms with E-state index >= 15 is 0 Å². The van der Waals surface area contributed by atoms with Crippen LogP contribution in [0.1, 0.15) is 35.1 Å². The number of amides is 1. The molecule has 0 aliphatic heterocycles. The number of hydrogen-bond acceptors (Lipinski definition) is 3. The van der Waals surface area contributed by atoms with E-state index in [1.165, 1.54) is 4.88 Å². The van der Waals surface area contributed by atoms with E-state index in [2.05, 4.69) is 5.32 Å². The van der Waals surface area contributed by atoms with Crippen LogP contribution >= 0.6 is 11.3 Å². The van der Waals surface area contributed by atoms with Crippen LogP contribution in [0.15, 0.2) is 35.8 Å². The summed E-state index contributed by atoms with van der Waals surface area (Å²) in [5.74, 6) is -1.02. The number of hydrogen-bond donors (Lipinski definition) is 2. The van der Waals surface area contributed by atoms with Crippen LogP contribution < -0.4 is 5.32 Å². The van der Waals surface area contributed by atoms with Gasteiger partial charge in [0, 0.05) is 23.5 Å². The summed E-state index contributed by atoms with van der Waals surface area (Å²) in [6, 6.07) is 7.45. The summed E-state index contributed by atoms with van der Waals surface area (Å²) < 4.78 is 1.89. The van der Waals surface area contributed by atoms with E-state index in [0.29, 0.717) is 18.7 Å². The number of nitrogens with zero attached hydrogens (tertiary/aromatic N) is 1. The number of thiophene rings is 1. The molecule has 1 amide bonds. The molecule has 0 aliphatic carbocycles. The summed E-state index contributed by atoms with van der Waals surface area (Å²) in [6.07, 6.45) is 2.35. The van der Waals surface area contributed by atoms with E-state index < -0.39 is 5.97 Å². The molecule has 2 rings (SSSR count). The Morgan fingerprint density at radius 2 is 2.19 bits per heavy atom. The average molecular weight is 306 g/mol. The van der Waals surface area contributed by atoms with Crippen LogP contribution in [0.3, 0.4) is 0 Å². The number of aromatic nitrogens is 1. The van der Waals surface area contributed by atoms with Gasteiger partial charge in [-0.1, -0.05) is 6.07 Å². The predicted molar refractivity (Wildman–Crippen MR) is 81.7 cm³/mol. The summed E-state index contributed by atoms with van der Waals surface area (Å²) in [4.78, 5) is 23.9. The van der Waals surface area contributed by atoms with Crippen molar-refractivity contribution >= 4 is 23.2 Å². The minimum absolute atomic E-state index is 0.0532. The first-order chi connectivity index (χ1) is 10.1. The van der Waals surface area contributed by atoms with Crippen molar-refractivity contribution in [3.63, 3.8) is 0 Å². The Kier molecular flexibility index (Phi) is 5.16. The topological polar surface area (TPSA) is 71.3 Å². The molecule has 5 nitrogen and oxygen atoms in total. The molecule has 0 aliphatic rings. The highest BCUT2D eigenvalue weighted by Crippen LogP contribution is 2.13. The second-order valence-electron chi connectivity index (χ2n) is 4.91. The lowest BCUT2D eigenvalue weighted by molar-refractivity contribution is -0.137. The van der Waals surface area contributed by atoms with Gasteiger partial charge in [-0.3, -0.25) is 9.59 Å². The maximum Gasteiger partial charge on any atom is 0.303 e. The number of nitrogens with one attached hydrogen (secondary N) is 1. The van der Waals surface area contributed by atoms with Crippen LogP contribution in [0, 0.1) is 0 Å². The molecule has 0 fully saturated rings. The van der Waals surface area contributed by atoms with E-state index in [1.54, 1.807) is 17.4 Å². The van der Waals surface area contributed by atoms with Gasteiger partial charge < -0.3 is 15.0 Å². The van der Waals surface area contributed by atoms with Crippen LogP contribution in [0.2, 0.25) is 0 Å². The van der Waals surface area contributed by atoms with Crippen molar-refractivity contribution in [2.45, 2.75) is 32.4 Å². The van der Waals surface area contributed by atoms with Crippen molar-refractivity contribution < 1.29 is 14.7 Å². The molecule has 0 bridgehead atoms. The smallest absolute Gasteiger partial charge is 0.303 e. The molecule has 6 heteroatoms. The maximum atomic E-state index is 12.2. The van der Waals surface area contributed by atoms with E-state index in [4.69, 9.17) is 5.11 Å². The largest absolute Gasteiger partial charge is 0.481 e. The summed E-state index contributed by atoms with van der Waals surface area (Å²) >= 11 is 1.65. The summed E-state index contributed by atoms with van der Waals surface area (Å²) in [5.41, 5.74) is 0.588. The predicted octanol–water partition coefficient (Wildman–Crippen LogP) is 2.58. The number of carbonyl (C=O) groups excluding carboxylic acids is 1. The normalized spacial score (nSPS) is 12.0. The Morgan fingerprint density at radius 1 is 1.38 bits per heavy atom. The van der Waals surface area contributed by atoms with Crippen LogP contribution in [0.4, 0.5) is 0 Å². The van der Waals surface area contributed by atoms with Gasteiger partial charge in [-0.2, -0.15) is 0 Å². The molecular weight excluding hydrogens is 288 g/mol. The van der Waals surface area contributed by atoms with E-state index in [-0.39, 0.29) is 18.4 Å². The highest BCUT2D eigenvalue weighted by Gasteiger charge is 2.14. The van der Waals surface area contributed by atoms with E-state index in [1.807, 2.05) is 41.3 Å². The van der Waals surface area contributed by atoms with Gasteiger partial charge in [0.2, 0.25) is 0 Å². The Labute approximate surface area is 127 Å². The van der Waals surface area contributed by atoms with Gasteiger partial charge in [-0.15, -0.1) is 11.3 Å². The third-order valence-corrected chi connectivity index (χ3v) is 4.00. The molecule has 2 aromatic rings. The number of carboxylic acids is 1. The fourth-order valence-corrected chi connectivity index (χ4v) is 2.74. The van der Waals surface area contributed by atoms with Crippen molar-refractivity contribution in [3.8, 4) is 0 Å². The molecule has 0 aromatic carbocycles. The van der Waals surface area contributed by atoms with Crippen molar-refractivity contribution in [1.82, 2.24) is 9.88 Å². The molecule has 2 aromatic heterocycles. The first kappa shape index (κ1) is 15.3. The van der Waals surface area contributed by atoms with E-state index in [0.717, 1.165) is 0 Å². The summed E-state index contributed by atoms with van der Waals surface area (Å²) in [6.45, 7) is 2.48. The number of carbonyl (C=O) groups is 2. The Morgan fingerprint density at radius 3 is 2.86 bits per heavy atom. The number of rotatable bonds is 7. The van der Waals surface area contributed by atoms with Crippen molar-refractivity contribution in [2.75, 3.05) is 0 Å². The fraction of sp³-hybridized carbons (Fsp3) is 0.333. The Balaban J connectivity index is 1.96. The minimum Gasteiger partial charge on any atom is -0.481 e. The number of carboxylic acid groups (broad SMARTS) is 1.